The lowest BCUT2D eigenvalue weighted by atomic mass is 10.6. The molecule has 0 saturated carbocycles. The lowest BCUT2D eigenvalue weighted by Crippen LogP contribution is -1.92. The third kappa shape index (κ3) is 3.71. The summed E-state index contributed by atoms with van der Waals surface area (Å²) in [6.45, 7) is 3.81. The Labute approximate surface area is 45.7 Å². The van der Waals surface area contributed by atoms with Gasteiger partial charge in [-0.15, -0.1) is 0 Å². The van der Waals surface area contributed by atoms with Crippen molar-refractivity contribution in [2.75, 3.05) is 0 Å². The van der Waals surface area contributed by atoms with Crippen LogP contribution in [0.5, 0.6) is 0 Å². The van der Waals surface area contributed by atoms with Crippen LogP contribution in [0.15, 0.2) is 11.3 Å². The van der Waals surface area contributed by atoms with Gasteiger partial charge >= 0.3 is 0 Å². The molecule has 0 atom stereocenters. The van der Waals surface area contributed by atoms with Crippen LogP contribution in [-0.4, -0.2) is 9.76 Å². The maximum absolute atomic E-state index is 9.42. The fourth-order valence-corrected chi connectivity index (χ4v) is 0.529. The molecule has 0 aromatic heterocycles. The highest BCUT2D eigenvalue weighted by Gasteiger charge is 1.85. The monoisotopic (exact) mass is 117 g/mol. The van der Waals surface area contributed by atoms with E-state index in [9.17, 15) is 5.26 Å². The molecule has 0 aliphatic rings. The molecule has 1 radical (unpaired) electrons. The molecule has 0 aliphatic heterocycles. The summed E-state index contributed by atoms with van der Waals surface area (Å²) in [5.41, 5.74) is 0. The number of rotatable bonds is 2. The Bertz CT molecular complexity index is 70.1. The summed E-state index contributed by atoms with van der Waals surface area (Å²) in [5.74, 6) is 0. The van der Waals surface area contributed by atoms with Gasteiger partial charge in [0.1, 0.15) is 0 Å². The van der Waals surface area contributed by atoms with Gasteiger partial charge in [0.2, 0.25) is 9.76 Å². The molecule has 0 aromatic rings. The largest absolute Gasteiger partial charge is 0.257 e. The quantitative estimate of drug-likeness (QED) is 0.291. The van der Waals surface area contributed by atoms with Gasteiger partial charge in [0.05, 0.1) is 0 Å². The van der Waals surface area contributed by atoms with Crippen LogP contribution in [0.2, 0.25) is 0 Å². The Hall–Kier alpha value is -0.123. The zero-order valence-corrected chi connectivity index (χ0v) is 6.02. The van der Waals surface area contributed by atoms with Crippen molar-refractivity contribution >= 4 is 9.76 Å². The van der Waals surface area contributed by atoms with Crippen LogP contribution in [0.3, 0.4) is 0 Å². The second-order valence-corrected chi connectivity index (χ2v) is 3.04. The zero-order chi connectivity index (χ0) is 5.70. The standard InChI is InChI=1S/C4H9O2Si/c1-3-4(2)7-6-5/h3H,7H2,1-2H3. The summed E-state index contributed by atoms with van der Waals surface area (Å²) in [5, 5.41) is 10.5. The van der Waals surface area contributed by atoms with Gasteiger partial charge in [-0.05, 0) is 19.1 Å². The molecule has 0 rings (SSSR count). The van der Waals surface area contributed by atoms with Crippen LogP contribution < -0.4 is 0 Å². The van der Waals surface area contributed by atoms with Gasteiger partial charge in [0.15, 0.2) is 0 Å². The predicted molar refractivity (Wildman–Crippen MR) is 29.7 cm³/mol. The second kappa shape index (κ2) is 4.05. The summed E-state index contributed by atoms with van der Waals surface area (Å²) >= 11 is 0. The third-order valence-electron chi connectivity index (χ3n) is 0.779. The Morgan fingerprint density at radius 2 is 2.43 bits per heavy atom. The first-order valence-corrected chi connectivity index (χ1v) is 3.46. The van der Waals surface area contributed by atoms with Crippen LogP contribution in [0, 0.1) is 0 Å². The summed E-state index contributed by atoms with van der Waals surface area (Å²) in [4.78, 5) is 0. The molecular weight excluding hydrogens is 108 g/mol. The smallest absolute Gasteiger partial charge is 0.239 e. The first-order chi connectivity index (χ1) is 3.31. The van der Waals surface area contributed by atoms with Crippen molar-refractivity contribution < 1.29 is 9.83 Å². The van der Waals surface area contributed by atoms with Gasteiger partial charge in [-0.1, -0.05) is 11.3 Å². The SMILES string of the molecule is CC=C(C)[SiH2]O[O]. The van der Waals surface area contributed by atoms with Gasteiger partial charge in [-0.25, -0.2) is 0 Å². The summed E-state index contributed by atoms with van der Waals surface area (Å²) < 4.78 is 3.72. The van der Waals surface area contributed by atoms with Gasteiger partial charge < -0.3 is 0 Å². The first kappa shape index (κ1) is 6.88. The lowest BCUT2D eigenvalue weighted by molar-refractivity contribution is -0.209. The molecule has 3 heteroatoms. The maximum atomic E-state index is 9.42. The number of hydrogen-bond donors (Lipinski definition) is 0. The van der Waals surface area contributed by atoms with Crippen LogP contribution in [0.4, 0.5) is 0 Å². The highest BCUT2D eigenvalue weighted by atomic mass is 28.2. The van der Waals surface area contributed by atoms with Gasteiger partial charge in [0, 0.05) is 0 Å². The normalized spacial score (nSPS) is 13.9. The second-order valence-electron chi connectivity index (χ2n) is 1.40. The lowest BCUT2D eigenvalue weighted by Gasteiger charge is -1.87. The molecule has 0 fully saturated rings. The first-order valence-electron chi connectivity index (χ1n) is 2.17. The minimum atomic E-state index is -0.848. The maximum Gasteiger partial charge on any atom is 0.239 e. The topological polar surface area (TPSA) is 29.1 Å². The van der Waals surface area contributed by atoms with E-state index < -0.39 is 9.76 Å². The Morgan fingerprint density at radius 1 is 1.86 bits per heavy atom. The third-order valence-corrected chi connectivity index (χ3v) is 1.76. The van der Waals surface area contributed by atoms with Crippen LogP contribution in [0.25, 0.3) is 0 Å². The van der Waals surface area contributed by atoms with Crippen LogP contribution in [0.1, 0.15) is 13.8 Å². The van der Waals surface area contributed by atoms with E-state index in [1.165, 1.54) is 0 Å². The molecule has 0 aliphatic carbocycles. The predicted octanol–water partition coefficient (Wildman–Crippen LogP) is 0.356. The fourth-order valence-electron chi connectivity index (χ4n) is 0.176. The highest BCUT2D eigenvalue weighted by Crippen LogP contribution is 1.85. The van der Waals surface area contributed by atoms with E-state index in [-0.39, 0.29) is 0 Å². The summed E-state index contributed by atoms with van der Waals surface area (Å²) in [7, 11) is -0.848. The summed E-state index contributed by atoms with van der Waals surface area (Å²) in [6, 6.07) is 0. The molecule has 7 heavy (non-hydrogen) atoms. The molecule has 0 spiro atoms. The molecule has 0 N–H and O–H groups in total. The van der Waals surface area contributed by atoms with Crippen molar-refractivity contribution in [2.45, 2.75) is 13.8 Å². The van der Waals surface area contributed by atoms with E-state index in [1.54, 1.807) is 0 Å². The molecule has 2 nitrogen and oxygen atoms in total. The molecular formula is C4H9O2Si. The molecule has 0 saturated heterocycles. The van der Waals surface area contributed by atoms with Crippen molar-refractivity contribution in [3.8, 4) is 0 Å². The fraction of sp³-hybridized carbons (Fsp3) is 0.500. The van der Waals surface area contributed by atoms with Crippen molar-refractivity contribution in [3.63, 3.8) is 0 Å². The Morgan fingerprint density at radius 3 is 2.57 bits per heavy atom. The molecule has 0 aromatic carbocycles. The van der Waals surface area contributed by atoms with Gasteiger partial charge in [-0.3, -0.25) is 4.58 Å². The molecule has 0 bridgehead atoms. The minimum absolute atomic E-state index is 0.848. The van der Waals surface area contributed by atoms with Gasteiger partial charge in [-0.2, -0.15) is 0 Å². The van der Waals surface area contributed by atoms with Crippen LogP contribution in [-0.2, 0) is 9.83 Å². The van der Waals surface area contributed by atoms with Crippen molar-refractivity contribution in [3.05, 3.63) is 11.3 Å². The molecule has 41 valence electrons. The average Bonchev–Trinajstić information content (AvgIpc) is 1.68. The van der Waals surface area contributed by atoms with Crippen molar-refractivity contribution in [1.82, 2.24) is 0 Å². The number of allylic oxidation sites excluding steroid dienone is 2. The molecule has 0 amide bonds. The summed E-state index contributed by atoms with van der Waals surface area (Å²) in [6.07, 6.45) is 1.91. The Balaban J connectivity index is 3.17. The van der Waals surface area contributed by atoms with E-state index in [0.717, 1.165) is 5.20 Å². The van der Waals surface area contributed by atoms with Crippen LogP contribution >= 0.6 is 0 Å². The minimum Gasteiger partial charge on any atom is -0.257 e. The van der Waals surface area contributed by atoms with E-state index in [2.05, 4.69) is 4.58 Å². The highest BCUT2D eigenvalue weighted by molar-refractivity contribution is 6.37. The van der Waals surface area contributed by atoms with Crippen molar-refractivity contribution in [1.29, 1.82) is 0 Å². The van der Waals surface area contributed by atoms with Gasteiger partial charge in [0.25, 0.3) is 0 Å². The van der Waals surface area contributed by atoms with E-state index in [1.807, 2.05) is 19.9 Å². The molecule has 0 heterocycles. The van der Waals surface area contributed by atoms with Crippen molar-refractivity contribution in [2.24, 2.45) is 0 Å². The Kier molecular flexibility index (Phi) is 3.98. The number of hydrogen-bond acceptors (Lipinski definition) is 1. The van der Waals surface area contributed by atoms with E-state index in [0.29, 0.717) is 0 Å². The average molecular weight is 117 g/mol. The zero-order valence-electron chi connectivity index (χ0n) is 4.60. The van der Waals surface area contributed by atoms with E-state index >= 15 is 0 Å². The van der Waals surface area contributed by atoms with E-state index in [4.69, 9.17) is 0 Å². The molecule has 0 unspecified atom stereocenters.